The molecule has 0 bridgehead atoms. The fourth-order valence-electron chi connectivity index (χ4n) is 4.84. The lowest BCUT2D eigenvalue weighted by Gasteiger charge is -2.37. The molecule has 1 amide bonds. The van der Waals surface area contributed by atoms with Gasteiger partial charge in [-0.05, 0) is 37.1 Å². The maximum Gasteiger partial charge on any atom is 0.224 e. The van der Waals surface area contributed by atoms with Crippen LogP contribution in [0.1, 0.15) is 18.4 Å². The molecule has 0 aromatic heterocycles. The summed E-state index contributed by atoms with van der Waals surface area (Å²) >= 11 is 0. The van der Waals surface area contributed by atoms with Crippen LogP contribution in [0.15, 0.2) is 54.6 Å². The SMILES string of the molecule is O=C(NCCCN1CCOCC1)[C@@H]1C[C@H](COc2cccc(F)c2)CN(Cc2ccccc2)C1. The molecule has 0 unspecified atom stereocenters. The van der Waals surface area contributed by atoms with Crippen molar-refractivity contribution in [3.05, 3.63) is 66.0 Å². The third-order valence-electron chi connectivity index (χ3n) is 6.57. The second kappa shape index (κ2) is 12.8. The molecule has 2 aliphatic rings. The zero-order valence-electron chi connectivity index (χ0n) is 19.8. The minimum atomic E-state index is -0.304. The minimum absolute atomic E-state index is 0.0815. The van der Waals surface area contributed by atoms with Gasteiger partial charge >= 0.3 is 0 Å². The van der Waals surface area contributed by atoms with Gasteiger partial charge in [-0.25, -0.2) is 4.39 Å². The second-order valence-electron chi connectivity index (χ2n) is 9.35. The van der Waals surface area contributed by atoms with Crippen molar-refractivity contribution in [2.24, 2.45) is 11.8 Å². The molecule has 2 aliphatic heterocycles. The highest BCUT2D eigenvalue weighted by Gasteiger charge is 2.32. The number of likely N-dealkylation sites (tertiary alicyclic amines) is 1. The van der Waals surface area contributed by atoms with Gasteiger partial charge in [0.1, 0.15) is 11.6 Å². The molecule has 2 saturated heterocycles. The van der Waals surface area contributed by atoms with E-state index in [4.69, 9.17) is 9.47 Å². The van der Waals surface area contributed by atoms with E-state index < -0.39 is 0 Å². The predicted molar refractivity (Wildman–Crippen MR) is 130 cm³/mol. The van der Waals surface area contributed by atoms with Crippen LogP contribution in [-0.4, -0.2) is 74.8 Å². The van der Waals surface area contributed by atoms with E-state index in [2.05, 4.69) is 27.2 Å². The highest BCUT2D eigenvalue weighted by atomic mass is 19.1. The molecule has 0 radical (unpaired) electrons. The summed E-state index contributed by atoms with van der Waals surface area (Å²) < 4.78 is 24.8. The quantitative estimate of drug-likeness (QED) is 0.542. The van der Waals surface area contributed by atoms with Gasteiger partial charge in [0, 0.05) is 51.3 Å². The van der Waals surface area contributed by atoms with Crippen LogP contribution in [0.4, 0.5) is 4.39 Å². The summed E-state index contributed by atoms with van der Waals surface area (Å²) in [5.74, 6) is 0.466. The Morgan fingerprint density at radius 3 is 2.68 bits per heavy atom. The zero-order valence-corrected chi connectivity index (χ0v) is 19.8. The predicted octanol–water partition coefficient (Wildman–Crippen LogP) is 3.18. The first-order valence-electron chi connectivity index (χ1n) is 12.4. The van der Waals surface area contributed by atoms with Crippen molar-refractivity contribution in [1.29, 1.82) is 0 Å². The van der Waals surface area contributed by atoms with Crippen molar-refractivity contribution in [2.45, 2.75) is 19.4 Å². The standard InChI is InChI=1S/C27H36FN3O3/c28-25-8-4-9-26(17-25)34-21-23-16-24(20-31(19-23)18-22-6-2-1-3-7-22)27(32)29-10-5-11-30-12-14-33-15-13-30/h1-4,6-9,17,23-24H,5,10-16,18-21H2,(H,29,32)/t23-,24+/m0/s1. The highest BCUT2D eigenvalue weighted by Crippen LogP contribution is 2.25. The number of amides is 1. The Morgan fingerprint density at radius 1 is 1.06 bits per heavy atom. The number of hydrogen-bond acceptors (Lipinski definition) is 5. The fourth-order valence-corrected chi connectivity index (χ4v) is 4.84. The van der Waals surface area contributed by atoms with Crippen LogP contribution in [0.5, 0.6) is 5.75 Å². The van der Waals surface area contributed by atoms with Crippen LogP contribution < -0.4 is 10.1 Å². The molecule has 4 rings (SSSR count). The number of carbonyl (C=O) groups is 1. The van der Waals surface area contributed by atoms with Crippen LogP contribution in [0, 0.1) is 17.7 Å². The summed E-state index contributed by atoms with van der Waals surface area (Å²) in [5, 5.41) is 3.16. The third kappa shape index (κ3) is 7.79. The van der Waals surface area contributed by atoms with Gasteiger partial charge in [0.25, 0.3) is 0 Å². The van der Waals surface area contributed by atoms with Gasteiger partial charge in [0.2, 0.25) is 5.91 Å². The van der Waals surface area contributed by atoms with Crippen LogP contribution in [0.25, 0.3) is 0 Å². The molecule has 2 aromatic carbocycles. The van der Waals surface area contributed by atoms with Gasteiger partial charge in [-0.2, -0.15) is 0 Å². The average Bonchev–Trinajstić information content (AvgIpc) is 2.86. The summed E-state index contributed by atoms with van der Waals surface area (Å²) in [6.07, 6.45) is 1.72. The van der Waals surface area contributed by atoms with Gasteiger partial charge in [0.05, 0.1) is 25.7 Å². The van der Waals surface area contributed by atoms with Crippen LogP contribution in [0.2, 0.25) is 0 Å². The van der Waals surface area contributed by atoms with Crippen molar-refractivity contribution in [1.82, 2.24) is 15.1 Å². The molecule has 1 N–H and O–H groups in total. The minimum Gasteiger partial charge on any atom is -0.493 e. The maximum atomic E-state index is 13.5. The van der Waals surface area contributed by atoms with E-state index in [-0.39, 0.29) is 23.6 Å². The largest absolute Gasteiger partial charge is 0.493 e. The first-order chi connectivity index (χ1) is 16.7. The van der Waals surface area contributed by atoms with Crippen LogP contribution in [0.3, 0.4) is 0 Å². The number of ether oxygens (including phenoxy) is 2. The molecule has 0 saturated carbocycles. The Balaban J connectivity index is 1.30. The molecule has 2 aromatic rings. The summed E-state index contributed by atoms with van der Waals surface area (Å²) in [4.78, 5) is 17.8. The van der Waals surface area contributed by atoms with Gasteiger partial charge in [-0.3, -0.25) is 14.6 Å². The first kappa shape index (κ1) is 24.6. The maximum absolute atomic E-state index is 13.5. The van der Waals surface area contributed by atoms with E-state index in [9.17, 15) is 9.18 Å². The Morgan fingerprint density at radius 2 is 1.88 bits per heavy atom. The molecule has 2 fully saturated rings. The number of nitrogens with one attached hydrogen (secondary N) is 1. The van der Waals surface area contributed by atoms with Crippen molar-refractivity contribution in [3.63, 3.8) is 0 Å². The number of hydrogen-bond donors (Lipinski definition) is 1. The molecule has 184 valence electrons. The number of piperidine rings is 1. The number of morpholine rings is 1. The van der Waals surface area contributed by atoms with E-state index in [1.54, 1.807) is 12.1 Å². The molecule has 2 heterocycles. The third-order valence-corrected chi connectivity index (χ3v) is 6.57. The van der Waals surface area contributed by atoms with Crippen LogP contribution >= 0.6 is 0 Å². The average molecular weight is 470 g/mol. The lowest BCUT2D eigenvalue weighted by atomic mass is 9.88. The van der Waals surface area contributed by atoms with Gasteiger partial charge < -0.3 is 14.8 Å². The Bertz CT molecular complexity index is 892. The van der Waals surface area contributed by atoms with Crippen LogP contribution in [-0.2, 0) is 16.1 Å². The molecular weight excluding hydrogens is 433 g/mol. The first-order valence-corrected chi connectivity index (χ1v) is 12.4. The molecule has 7 heteroatoms. The van der Waals surface area contributed by atoms with Gasteiger partial charge in [0.15, 0.2) is 0 Å². The molecule has 34 heavy (non-hydrogen) atoms. The lowest BCUT2D eigenvalue weighted by Crippen LogP contribution is -2.47. The highest BCUT2D eigenvalue weighted by molar-refractivity contribution is 5.79. The summed E-state index contributed by atoms with van der Waals surface area (Å²) in [5.41, 5.74) is 1.24. The molecule has 0 aliphatic carbocycles. The fraction of sp³-hybridized carbons (Fsp3) is 0.519. The van der Waals surface area contributed by atoms with E-state index in [1.807, 2.05) is 18.2 Å². The van der Waals surface area contributed by atoms with Crippen molar-refractivity contribution in [3.8, 4) is 5.75 Å². The monoisotopic (exact) mass is 469 g/mol. The normalized spacial score (nSPS) is 21.8. The molecular formula is C27H36FN3O3. The lowest BCUT2D eigenvalue weighted by molar-refractivity contribution is -0.127. The summed E-state index contributed by atoms with van der Waals surface area (Å²) in [7, 11) is 0. The van der Waals surface area contributed by atoms with Crippen molar-refractivity contribution in [2.75, 3.05) is 59.1 Å². The van der Waals surface area contributed by atoms with E-state index in [1.165, 1.54) is 17.7 Å². The number of nitrogens with zero attached hydrogens (tertiary/aromatic N) is 2. The van der Waals surface area contributed by atoms with Crippen molar-refractivity contribution >= 4 is 5.91 Å². The molecule has 0 spiro atoms. The van der Waals surface area contributed by atoms with Gasteiger partial charge in [-0.15, -0.1) is 0 Å². The second-order valence-corrected chi connectivity index (χ2v) is 9.35. The smallest absolute Gasteiger partial charge is 0.224 e. The van der Waals surface area contributed by atoms with E-state index in [0.717, 1.165) is 65.3 Å². The number of benzene rings is 2. The summed E-state index contributed by atoms with van der Waals surface area (Å²) in [6, 6.07) is 16.6. The Kier molecular flexibility index (Phi) is 9.30. The Labute approximate surface area is 202 Å². The Hall–Kier alpha value is -2.48. The zero-order chi connectivity index (χ0) is 23.6. The molecule has 6 nitrogen and oxygen atoms in total. The number of rotatable bonds is 10. The van der Waals surface area contributed by atoms with E-state index >= 15 is 0 Å². The van der Waals surface area contributed by atoms with Gasteiger partial charge in [-0.1, -0.05) is 36.4 Å². The van der Waals surface area contributed by atoms with Crippen molar-refractivity contribution < 1.29 is 18.7 Å². The summed E-state index contributed by atoms with van der Waals surface area (Å²) in [6.45, 7) is 8.07. The topological polar surface area (TPSA) is 54.0 Å². The number of halogens is 1. The number of carbonyl (C=O) groups excluding carboxylic acids is 1. The molecule has 2 atom stereocenters. The van der Waals surface area contributed by atoms with E-state index in [0.29, 0.717) is 18.9 Å².